The summed E-state index contributed by atoms with van der Waals surface area (Å²) in [4.78, 5) is 0. The first-order valence-electron chi connectivity index (χ1n) is 5.37. The van der Waals surface area contributed by atoms with Gasteiger partial charge in [-0.1, -0.05) is 27.7 Å². The smallest absolute Gasteiger partial charge is 0.00620 e. The molecule has 0 aliphatic carbocycles. The molecule has 0 rings (SSSR count). The van der Waals surface area contributed by atoms with E-state index < -0.39 is 0 Å². The third-order valence-corrected chi connectivity index (χ3v) is 2.18. The molecule has 0 fully saturated rings. The maximum absolute atomic E-state index is 7.24. The fourth-order valence-corrected chi connectivity index (χ4v) is 1.06. The molecule has 13 heavy (non-hydrogen) atoms. The Morgan fingerprint density at radius 3 is 2.15 bits per heavy atom. The molecular weight excluding hydrogens is 160 g/mol. The topological polar surface area (TPSA) is 49.9 Å². The minimum absolute atomic E-state index is 0.314. The summed E-state index contributed by atoms with van der Waals surface area (Å²) in [6.07, 6.45) is 3.00. The zero-order valence-corrected chi connectivity index (χ0v) is 9.85. The van der Waals surface area contributed by atoms with Crippen molar-refractivity contribution in [2.24, 2.45) is 11.7 Å². The molecule has 3 N–H and O–H groups in total. The molecule has 2 heteroatoms. The van der Waals surface area contributed by atoms with Crippen molar-refractivity contribution >= 4 is 5.71 Å². The average Bonchev–Trinajstić information content (AvgIpc) is 2.16. The average molecular weight is 186 g/mol. The van der Waals surface area contributed by atoms with Crippen LogP contribution in [0.1, 0.15) is 53.9 Å². The Balaban J connectivity index is 0. The molecule has 0 radical (unpaired) electrons. The van der Waals surface area contributed by atoms with Crippen LogP contribution in [0, 0.1) is 11.3 Å². The van der Waals surface area contributed by atoms with Gasteiger partial charge >= 0.3 is 0 Å². The van der Waals surface area contributed by atoms with Crippen LogP contribution in [0.4, 0.5) is 0 Å². The highest BCUT2D eigenvalue weighted by atomic mass is 14.6. The summed E-state index contributed by atoms with van der Waals surface area (Å²) < 4.78 is 0. The molecule has 0 aromatic rings. The van der Waals surface area contributed by atoms with Gasteiger partial charge in [0.1, 0.15) is 0 Å². The lowest BCUT2D eigenvalue weighted by atomic mass is 9.94. The van der Waals surface area contributed by atoms with Crippen LogP contribution in [0.15, 0.2) is 0 Å². The standard InChI is InChI=1S/C9H20N2.C2H6/c1-4-9(11)7(2)5-6-8(3)10;1-2/h7,9-10H,4-6,11H2,1-3H3;1-2H3. The first-order chi connectivity index (χ1) is 6.07. The summed E-state index contributed by atoms with van der Waals surface area (Å²) in [7, 11) is 0. The fraction of sp³-hybridized carbons (Fsp3) is 0.909. The Kier molecular flexibility index (Phi) is 11.3. The molecule has 80 valence electrons. The van der Waals surface area contributed by atoms with E-state index in [0.717, 1.165) is 25.0 Å². The number of nitrogens with one attached hydrogen (secondary N) is 1. The van der Waals surface area contributed by atoms with E-state index in [2.05, 4.69) is 13.8 Å². The van der Waals surface area contributed by atoms with Crippen molar-refractivity contribution in [3.8, 4) is 0 Å². The molecule has 0 saturated heterocycles. The van der Waals surface area contributed by atoms with E-state index in [1.807, 2.05) is 20.8 Å². The van der Waals surface area contributed by atoms with Crippen molar-refractivity contribution in [2.45, 2.75) is 59.9 Å². The zero-order chi connectivity index (χ0) is 10.9. The summed E-state index contributed by atoms with van der Waals surface area (Å²) in [6.45, 7) is 10.1. The fourth-order valence-electron chi connectivity index (χ4n) is 1.06. The molecular formula is C11H26N2. The lowest BCUT2D eigenvalue weighted by Crippen LogP contribution is -2.27. The maximum atomic E-state index is 7.24. The van der Waals surface area contributed by atoms with Gasteiger partial charge in [0, 0.05) is 11.8 Å². The summed E-state index contributed by atoms with van der Waals surface area (Å²) in [5, 5.41) is 7.24. The highest BCUT2D eigenvalue weighted by Gasteiger charge is 2.09. The van der Waals surface area contributed by atoms with E-state index >= 15 is 0 Å². The van der Waals surface area contributed by atoms with Crippen molar-refractivity contribution in [1.82, 2.24) is 0 Å². The Hall–Kier alpha value is -0.370. The summed E-state index contributed by atoms with van der Waals surface area (Å²) >= 11 is 0. The molecule has 0 aromatic heterocycles. The van der Waals surface area contributed by atoms with Crippen molar-refractivity contribution < 1.29 is 0 Å². The second-order valence-electron chi connectivity index (χ2n) is 3.37. The van der Waals surface area contributed by atoms with Crippen LogP contribution in [0.3, 0.4) is 0 Å². The van der Waals surface area contributed by atoms with Gasteiger partial charge in [0.2, 0.25) is 0 Å². The zero-order valence-electron chi connectivity index (χ0n) is 9.85. The summed E-state index contributed by atoms with van der Waals surface area (Å²) in [5.74, 6) is 0.556. The molecule has 0 amide bonds. The summed E-state index contributed by atoms with van der Waals surface area (Å²) in [6, 6.07) is 0.314. The normalized spacial score (nSPS) is 14.0. The van der Waals surface area contributed by atoms with E-state index in [0.29, 0.717) is 12.0 Å². The lowest BCUT2D eigenvalue weighted by Gasteiger charge is -2.17. The lowest BCUT2D eigenvalue weighted by molar-refractivity contribution is 0.423. The van der Waals surface area contributed by atoms with Crippen LogP contribution in [-0.2, 0) is 0 Å². The van der Waals surface area contributed by atoms with Crippen LogP contribution < -0.4 is 5.73 Å². The Bertz CT molecular complexity index is 121. The number of hydrogen-bond donors (Lipinski definition) is 2. The van der Waals surface area contributed by atoms with Crippen LogP contribution in [0.25, 0.3) is 0 Å². The SMILES string of the molecule is CC.CCC(N)C(C)CCC(C)=N. The van der Waals surface area contributed by atoms with Gasteiger partial charge in [-0.25, -0.2) is 0 Å². The van der Waals surface area contributed by atoms with E-state index in [4.69, 9.17) is 11.1 Å². The Morgan fingerprint density at radius 2 is 1.85 bits per heavy atom. The largest absolute Gasteiger partial charge is 0.327 e. The van der Waals surface area contributed by atoms with E-state index in [1.165, 1.54) is 0 Å². The second kappa shape index (κ2) is 9.72. The Labute approximate surface area is 83.4 Å². The predicted molar refractivity (Wildman–Crippen MR) is 61.4 cm³/mol. The minimum Gasteiger partial charge on any atom is -0.327 e. The van der Waals surface area contributed by atoms with Crippen molar-refractivity contribution in [2.75, 3.05) is 0 Å². The third kappa shape index (κ3) is 9.54. The van der Waals surface area contributed by atoms with E-state index in [1.54, 1.807) is 0 Å². The van der Waals surface area contributed by atoms with Gasteiger partial charge in [-0.05, 0) is 32.1 Å². The van der Waals surface area contributed by atoms with E-state index in [-0.39, 0.29) is 0 Å². The molecule has 0 spiro atoms. The van der Waals surface area contributed by atoms with Gasteiger partial charge in [-0.2, -0.15) is 0 Å². The number of rotatable bonds is 5. The van der Waals surface area contributed by atoms with Crippen LogP contribution >= 0.6 is 0 Å². The van der Waals surface area contributed by atoms with Gasteiger partial charge < -0.3 is 11.1 Å². The molecule has 0 aromatic carbocycles. The minimum atomic E-state index is 0.314. The molecule has 2 unspecified atom stereocenters. The van der Waals surface area contributed by atoms with Gasteiger partial charge in [0.15, 0.2) is 0 Å². The van der Waals surface area contributed by atoms with Gasteiger partial charge in [0.05, 0.1) is 0 Å². The monoisotopic (exact) mass is 186 g/mol. The molecule has 0 bridgehead atoms. The first kappa shape index (κ1) is 15.1. The highest BCUT2D eigenvalue weighted by molar-refractivity contribution is 5.78. The van der Waals surface area contributed by atoms with Gasteiger partial charge in [-0.15, -0.1) is 0 Å². The quantitative estimate of drug-likeness (QED) is 0.636. The third-order valence-electron chi connectivity index (χ3n) is 2.18. The summed E-state index contributed by atoms with van der Waals surface area (Å²) in [5.41, 5.74) is 6.60. The van der Waals surface area contributed by atoms with Crippen LogP contribution in [0.2, 0.25) is 0 Å². The highest BCUT2D eigenvalue weighted by Crippen LogP contribution is 2.11. The predicted octanol–water partition coefficient (Wildman–Crippen LogP) is 3.21. The molecule has 0 aliphatic rings. The molecule has 0 heterocycles. The molecule has 0 aliphatic heterocycles. The maximum Gasteiger partial charge on any atom is 0.00620 e. The van der Waals surface area contributed by atoms with Crippen LogP contribution in [-0.4, -0.2) is 11.8 Å². The first-order valence-corrected chi connectivity index (χ1v) is 5.37. The van der Waals surface area contributed by atoms with Crippen molar-refractivity contribution in [3.63, 3.8) is 0 Å². The van der Waals surface area contributed by atoms with E-state index in [9.17, 15) is 0 Å². The van der Waals surface area contributed by atoms with Crippen molar-refractivity contribution in [3.05, 3.63) is 0 Å². The molecule has 2 nitrogen and oxygen atoms in total. The van der Waals surface area contributed by atoms with Gasteiger partial charge in [0.25, 0.3) is 0 Å². The molecule has 0 saturated carbocycles. The van der Waals surface area contributed by atoms with Gasteiger partial charge in [-0.3, -0.25) is 0 Å². The Morgan fingerprint density at radius 1 is 1.38 bits per heavy atom. The second-order valence-corrected chi connectivity index (χ2v) is 3.37. The van der Waals surface area contributed by atoms with Crippen LogP contribution in [0.5, 0.6) is 0 Å². The number of hydrogen-bond acceptors (Lipinski definition) is 2. The number of nitrogens with two attached hydrogens (primary N) is 1. The molecule has 2 atom stereocenters. The van der Waals surface area contributed by atoms with Crippen molar-refractivity contribution in [1.29, 1.82) is 5.41 Å².